The van der Waals surface area contributed by atoms with Crippen molar-refractivity contribution in [3.05, 3.63) is 29.0 Å². The van der Waals surface area contributed by atoms with Crippen LogP contribution in [0.15, 0.2) is 12.1 Å². The molecule has 1 aliphatic carbocycles. The highest BCUT2D eigenvalue weighted by atomic mass is 32.1. The number of anilines is 1. The van der Waals surface area contributed by atoms with E-state index in [-0.39, 0.29) is 17.9 Å². The van der Waals surface area contributed by atoms with Gasteiger partial charge in [0.1, 0.15) is 7.14 Å². The van der Waals surface area contributed by atoms with E-state index in [2.05, 4.69) is 23.3 Å². The number of carbonyl (C=O) groups excluding carboxylic acids is 2. The summed E-state index contributed by atoms with van der Waals surface area (Å²) in [7, 11) is -2.69. The van der Waals surface area contributed by atoms with Gasteiger partial charge in [-0.3, -0.25) is 9.59 Å². The molecule has 2 aromatic rings. The van der Waals surface area contributed by atoms with E-state index in [1.165, 1.54) is 31.1 Å². The van der Waals surface area contributed by atoms with E-state index in [0.717, 1.165) is 27.0 Å². The van der Waals surface area contributed by atoms with Crippen molar-refractivity contribution in [3.8, 4) is 10.4 Å². The molecule has 1 fully saturated rings. The molecule has 8 heteroatoms. The monoisotopic (exact) mass is 459 g/mol. The number of hydrogen-bond donors (Lipinski definition) is 1. The Labute approximate surface area is 187 Å². The molecular formula is C23H30N3O3PS. The Kier molecular flexibility index (Phi) is 5.86. The minimum absolute atomic E-state index is 0.0260. The second-order valence-electron chi connectivity index (χ2n) is 8.68. The smallest absolute Gasteiger partial charge is 0.255 e. The fourth-order valence-corrected chi connectivity index (χ4v) is 7.65. The highest BCUT2D eigenvalue weighted by Gasteiger charge is 2.41. The van der Waals surface area contributed by atoms with E-state index in [1.54, 1.807) is 0 Å². The van der Waals surface area contributed by atoms with Crippen LogP contribution in [0, 0.1) is 12.8 Å². The summed E-state index contributed by atoms with van der Waals surface area (Å²) < 4.78 is 13.9. The van der Waals surface area contributed by atoms with Crippen molar-refractivity contribution in [2.45, 2.75) is 60.0 Å². The summed E-state index contributed by atoms with van der Waals surface area (Å²) >= 11 is 1.41. The molecular weight excluding hydrogens is 429 g/mol. The van der Waals surface area contributed by atoms with Crippen molar-refractivity contribution >= 4 is 40.7 Å². The molecule has 166 valence electrons. The molecule has 31 heavy (non-hydrogen) atoms. The fraction of sp³-hybridized carbons (Fsp3) is 0.522. The zero-order valence-corrected chi connectivity index (χ0v) is 20.5. The Morgan fingerprint density at radius 3 is 2.58 bits per heavy atom. The van der Waals surface area contributed by atoms with Crippen molar-refractivity contribution in [2.24, 2.45) is 5.92 Å². The number of hydrogen-bond acceptors (Lipinski definition) is 5. The highest BCUT2D eigenvalue weighted by Crippen LogP contribution is 2.48. The van der Waals surface area contributed by atoms with Crippen LogP contribution in [-0.4, -0.2) is 40.1 Å². The number of thiazole rings is 1. The lowest BCUT2D eigenvalue weighted by Crippen LogP contribution is -2.35. The number of nitrogens with one attached hydrogen (secondary N) is 1. The van der Waals surface area contributed by atoms with Crippen LogP contribution in [-0.2, 0) is 15.9 Å². The molecule has 1 N–H and O–H groups in total. The number of amides is 2. The summed E-state index contributed by atoms with van der Waals surface area (Å²) in [6, 6.07) is 4.22. The predicted molar refractivity (Wildman–Crippen MR) is 127 cm³/mol. The van der Waals surface area contributed by atoms with Crippen LogP contribution < -0.4 is 10.6 Å². The van der Waals surface area contributed by atoms with Gasteiger partial charge in [-0.05, 0) is 55.9 Å². The summed E-state index contributed by atoms with van der Waals surface area (Å²) in [5.41, 5.74) is 3.36. The molecule has 0 bridgehead atoms. The number of benzene rings is 1. The van der Waals surface area contributed by atoms with Gasteiger partial charge >= 0.3 is 0 Å². The van der Waals surface area contributed by atoms with Gasteiger partial charge in [0.25, 0.3) is 5.91 Å². The maximum absolute atomic E-state index is 13.9. The number of aromatic nitrogens is 1. The molecule has 0 radical (unpaired) electrons. The normalized spacial score (nSPS) is 17.1. The van der Waals surface area contributed by atoms with Crippen molar-refractivity contribution in [2.75, 3.05) is 17.6 Å². The van der Waals surface area contributed by atoms with Gasteiger partial charge in [-0.25, -0.2) is 4.98 Å². The van der Waals surface area contributed by atoms with Gasteiger partial charge in [0, 0.05) is 37.1 Å². The maximum atomic E-state index is 13.9. The molecule has 2 amide bonds. The Balaban J connectivity index is 1.85. The lowest BCUT2D eigenvalue weighted by Gasteiger charge is -2.24. The summed E-state index contributed by atoms with van der Waals surface area (Å²) in [6.45, 7) is 9.96. The first-order valence-electron chi connectivity index (χ1n) is 11.0. The first kappa shape index (κ1) is 22.2. The maximum Gasteiger partial charge on any atom is 0.255 e. The third kappa shape index (κ3) is 3.98. The van der Waals surface area contributed by atoms with Crippen LogP contribution in [0.4, 0.5) is 5.13 Å². The molecule has 1 aromatic carbocycles. The Hall–Kier alpha value is -1.98. The van der Waals surface area contributed by atoms with E-state index < -0.39 is 7.14 Å². The molecule has 0 saturated heterocycles. The average Bonchev–Trinajstić information content (AvgIpc) is 3.45. The van der Waals surface area contributed by atoms with Crippen molar-refractivity contribution in [1.82, 2.24) is 9.88 Å². The van der Waals surface area contributed by atoms with Gasteiger partial charge in [0.15, 0.2) is 5.13 Å². The zero-order chi connectivity index (χ0) is 22.5. The molecule has 1 unspecified atom stereocenters. The van der Waals surface area contributed by atoms with Crippen LogP contribution in [0.1, 0.15) is 62.2 Å². The second kappa shape index (κ2) is 8.18. The van der Waals surface area contributed by atoms with Crippen molar-refractivity contribution in [1.29, 1.82) is 0 Å². The quantitative estimate of drug-likeness (QED) is 0.600. The van der Waals surface area contributed by atoms with Gasteiger partial charge in [-0.15, -0.1) is 0 Å². The highest BCUT2D eigenvalue weighted by molar-refractivity contribution is 7.71. The minimum Gasteiger partial charge on any atom is -0.331 e. The molecule has 2 aliphatic rings. The van der Waals surface area contributed by atoms with Crippen LogP contribution in [0.25, 0.3) is 10.4 Å². The number of carbonyl (C=O) groups is 2. The molecule has 4 rings (SSSR count). The third-order valence-corrected chi connectivity index (χ3v) is 11.0. The number of nitrogens with zero attached hydrogens (tertiary/aromatic N) is 2. The first-order chi connectivity index (χ1) is 14.7. The SMILES string of the molecule is CCP(=O)(CC)c1cc(-c2sc(NC(C)=O)nc2C)cc2c1C(=O)N(C(C)C1CC1)C2. The second-order valence-corrected chi connectivity index (χ2v) is 13.2. The van der Waals surface area contributed by atoms with E-state index in [0.29, 0.717) is 35.5 Å². The lowest BCUT2D eigenvalue weighted by atomic mass is 10.0. The van der Waals surface area contributed by atoms with Crippen LogP contribution in [0.3, 0.4) is 0 Å². The molecule has 0 spiro atoms. The van der Waals surface area contributed by atoms with Crippen molar-refractivity contribution in [3.63, 3.8) is 0 Å². The molecule has 2 heterocycles. The van der Waals surface area contributed by atoms with Gasteiger partial charge < -0.3 is 14.8 Å². The van der Waals surface area contributed by atoms with Gasteiger partial charge in [0.05, 0.1) is 16.1 Å². The fourth-order valence-electron chi connectivity index (χ4n) is 4.50. The number of fused-ring (bicyclic) bond motifs is 1. The lowest BCUT2D eigenvalue weighted by molar-refractivity contribution is -0.114. The molecule has 1 aromatic heterocycles. The number of aryl methyl sites for hydroxylation is 1. The Morgan fingerprint density at radius 2 is 2.00 bits per heavy atom. The largest absolute Gasteiger partial charge is 0.331 e. The van der Waals surface area contributed by atoms with E-state index >= 15 is 0 Å². The summed E-state index contributed by atoms with van der Waals surface area (Å²) in [6.07, 6.45) is 3.41. The van der Waals surface area contributed by atoms with Gasteiger partial charge in [-0.2, -0.15) is 0 Å². The first-order valence-corrected chi connectivity index (χ1v) is 13.9. The Bertz CT molecular complexity index is 1100. The molecule has 1 atom stereocenters. The van der Waals surface area contributed by atoms with Crippen molar-refractivity contribution < 1.29 is 14.2 Å². The molecule has 1 aliphatic heterocycles. The number of rotatable bonds is 7. The van der Waals surface area contributed by atoms with Crippen LogP contribution in [0.2, 0.25) is 0 Å². The predicted octanol–water partition coefficient (Wildman–Crippen LogP) is 4.86. The zero-order valence-electron chi connectivity index (χ0n) is 18.8. The van der Waals surface area contributed by atoms with Gasteiger partial charge in [-0.1, -0.05) is 25.2 Å². The molecule has 6 nitrogen and oxygen atoms in total. The standard InChI is InChI=1S/C23H30N3O3PS/c1-6-30(29,7-2)19-11-17(21-13(3)24-23(31-21)25-15(5)27)10-18-12-26(22(28)20(18)19)14(4)16-8-9-16/h10-11,14,16H,6-9,12H2,1-5H3,(H,24,25,27). The summed E-state index contributed by atoms with van der Waals surface area (Å²) in [5.74, 6) is 0.444. The average molecular weight is 460 g/mol. The Morgan fingerprint density at radius 1 is 1.32 bits per heavy atom. The van der Waals surface area contributed by atoms with E-state index in [4.69, 9.17) is 0 Å². The third-order valence-electron chi connectivity index (χ3n) is 6.61. The minimum atomic E-state index is -2.69. The van der Waals surface area contributed by atoms with Crippen LogP contribution in [0.5, 0.6) is 0 Å². The van der Waals surface area contributed by atoms with Gasteiger partial charge in [0.2, 0.25) is 5.91 Å². The van der Waals surface area contributed by atoms with E-state index in [9.17, 15) is 14.2 Å². The van der Waals surface area contributed by atoms with Crippen LogP contribution >= 0.6 is 18.5 Å². The topological polar surface area (TPSA) is 79.4 Å². The molecule has 1 saturated carbocycles. The van der Waals surface area contributed by atoms with E-state index in [1.807, 2.05) is 31.7 Å². The summed E-state index contributed by atoms with van der Waals surface area (Å²) in [4.78, 5) is 32.3. The summed E-state index contributed by atoms with van der Waals surface area (Å²) in [5, 5.41) is 4.02.